The standard InChI is InChI=1S/C16H18F2O/c17-16(18)6-5-11(10-16)7-15(19)14-8-12-3-1-2-4-13(12)9-14/h1-4,11,14H,5-10H2. The van der Waals surface area contributed by atoms with Crippen LogP contribution in [0.25, 0.3) is 0 Å². The Bertz CT molecular complexity index is 470. The van der Waals surface area contributed by atoms with Crippen molar-refractivity contribution in [2.24, 2.45) is 11.8 Å². The van der Waals surface area contributed by atoms with Gasteiger partial charge in [-0.15, -0.1) is 0 Å². The molecule has 0 aliphatic heterocycles. The Morgan fingerprint density at radius 3 is 2.37 bits per heavy atom. The number of rotatable bonds is 3. The summed E-state index contributed by atoms with van der Waals surface area (Å²) in [6, 6.07) is 8.10. The summed E-state index contributed by atoms with van der Waals surface area (Å²) in [4.78, 5) is 12.2. The van der Waals surface area contributed by atoms with Gasteiger partial charge in [0.25, 0.3) is 0 Å². The molecule has 19 heavy (non-hydrogen) atoms. The highest BCUT2D eigenvalue weighted by atomic mass is 19.3. The van der Waals surface area contributed by atoms with Crippen molar-refractivity contribution < 1.29 is 13.6 Å². The minimum absolute atomic E-state index is 0.0200. The normalized spacial score (nSPS) is 25.5. The van der Waals surface area contributed by atoms with Crippen LogP contribution in [-0.2, 0) is 17.6 Å². The van der Waals surface area contributed by atoms with Gasteiger partial charge in [0.2, 0.25) is 5.92 Å². The molecule has 1 aromatic rings. The van der Waals surface area contributed by atoms with Gasteiger partial charge in [0.05, 0.1) is 0 Å². The molecule has 3 heteroatoms. The maximum Gasteiger partial charge on any atom is 0.248 e. The smallest absolute Gasteiger partial charge is 0.248 e. The van der Waals surface area contributed by atoms with Crippen molar-refractivity contribution in [3.63, 3.8) is 0 Å². The van der Waals surface area contributed by atoms with Crippen LogP contribution in [0.3, 0.4) is 0 Å². The van der Waals surface area contributed by atoms with Gasteiger partial charge in [0.15, 0.2) is 0 Å². The van der Waals surface area contributed by atoms with Crippen LogP contribution in [0.1, 0.15) is 36.8 Å². The molecule has 0 aromatic heterocycles. The van der Waals surface area contributed by atoms with Gasteiger partial charge < -0.3 is 0 Å². The zero-order valence-corrected chi connectivity index (χ0v) is 10.9. The molecule has 0 spiro atoms. The maximum atomic E-state index is 13.1. The van der Waals surface area contributed by atoms with E-state index in [9.17, 15) is 13.6 Å². The lowest BCUT2D eigenvalue weighted by Gasteiger charge is -2.13. The van der Waals surface area contributed by atoms with Crippen LogP contribution >= 0.6 is 0 Å². The number of benzene rings is 1. The second-order valence-corrected chi connectivity index (χ2v) is 6.01. The molecule has 102 valence electrons. The van der Waals surface area contributed by atoms with E-state index in [2.05, 4.69) is 12.1 Å². The fraction of sp³-hybridized carbons (Fsp3) is 0.562. The number of carbonyl (C=O) groups excluding carboxylic acids is 1. The van der Waals surface area contributed by atoms with Gasteiger partial charge in [-0.3, -0.25) is 4.79 Å². The van der Waals surface area contributed by atoms with Crippen molar-refractivity contribution in [2.75, 3.05) is 0 Å². The lowest BCUT2D eigenvalue weighted by atomic mass is 9.91. The van der Waals surface area contributed by atoms with E-state index in [0.29, 0.717) is 12.8 Å². The minimum Gasteiger partial charge on any atom is -0.299 e. The number of Topliss-reactive ketones (excluding diaryl/α,β-unsaturated/α-hetero) is 1. The molecule has 2 aliphatic carbocycles. The predicted octanol–water partition coefficient (Wildman–Crippen LogP) is 3.80. The Morgan fingerprint density at radius 1 is 1.21 bits per heavy atom. The molecule has 0 heterocycles. The van der Waals surface area contributed by atoms with Crippen molar-refractivity contribution >= 4 is 5.78 Å². The fourth-order valence-corrected chi connectivity index (χ4v) is 3.45. The largest absolute Gasteiger partial charge is 0.299 e. The molecule has 1 fully saturated rings. The fourth-order valence-electron chi connectivity index (χ4n) is 3.45. The van der Waals surface area contributed by atoms with E-state index >= 15 is 0 Å². The van der Waals surface area contributed by atoms with E-state index in [0.717, 1.165) is 12.8 Å². The van der Waals surface area contributed by atoms with Gasteiger partial charge in [0, 0.05) is 25.2 Å². The van der Waals surface area contributed by atoms with Crippen molar-refractivity contribution in [3.05, 3.63) is 35.4 Å². The summed E-state index contributed by atoms with van der Waals surface area (Å²) < 4.78 is 26.3. The third-order valence-electron chi connectivity index (χ3n) is 4.50. The van der Waals surface area contributed by atoms with Gasteiger partial charge in [0.1, 0.15) is 5.78 Å². The molecule has 1 unspecified atom stereocenters. The molecule has 1 aromatic carbocycles. The van der Waals surface area contributed by atoms with Crippen LogP contribution in [0.5, 0.6) is 0 Å². The number of halogens is 2. The number of hydrogen-bond acceptors (Lipinski definition) is 1. The number of ketones is 1. The monoisotopic (exact) mass is 264 g/mol. The Hall–Kier alpha value is -1.25. The Morgan fingerprint density at radius 2 is 1.84 bits per heavy atom. The number of alkyl halides is 2. The topological polar surface area (TPSA) is 17.1 Å². The van der Waals surface area contributed by atoms with Crippen LogP contribution in [0.15, 0.2) is 24.3 Å². The molecule has 0 bridgehead atoms. The molecule has 1 nitrogen and oxygen atoms in total. The lowest BCUT2D eigenvalue weighted by Crippen LogP contribution is -2.18. The van der Waals surface area contributed by atoms with Crippen LogP contribution < -0.4 is 0 Å². The van der Waals surface area contributed by atoms with E-state index in [4.69, 9.17) is 0 Å². The second kappa shape index (κ2) is 4.69. The van der Waals surface area contributed by atoms with Gasteiger partial charge in [-0.05, 0) is 36.3 Å². The number of fused-ring (bicyclic) bond motifs is 1. The van der Waals surface area contributed by atoms with Crippen molar-refractivity contribution in [2.45, 2.75) is 44.4 Å². The quantitative estimate of drug-likeness (QED) is 0.811. The van der Waals surface area contributed by atoms with E-state index in [1.54, 1.807) is 0 Å². The van der Waals surface area contributed by atoms with E-state index < -0.39 is 5.92 Å². The molecule has 0 saturated heterocycles. The molecule has 1 atom stereocenters. The zero-order valence-electron chi connectivity index (χ0n) is 10.9. The highest BCUT2D eigenvalue weighted by Gasteiger charge is 2.40. The summed E-state index contributed by atoms with van der Waals surface area (Å²) in [5, 5.41) is 0. The molecule has 0 radical (unpaired) electrons. The second-order valence-electron chi connectivity index (χ2n) is 6.01. The molecule has 3 rings (SSSR count). The highest BCUT2D eigenvalue weighted by molar-refractivity contribution is 5.82. The Labute approximate surface area is 112 Å². The number of carbonyl (C=O) groups is 1. The van der Waals surface area contributed by atoms with Crippen LogP contribution in [-0.4, -0.2) is 11.7 Å². The van der Waals surface area contributed by atoms with Gasteiger partial charge >= 0.3 is 0 Å². The summed E-state index contributed by atoms with van der Waals surface area (Å²) in [6.45, 7) is 0. The molecular weight excluding hydrogens is 246 g/mol. The summed E-state index contributed by atoms with van der Waals surface area (Å²) in [5.41, 5.74) is 2.50. The SMILES string of the molecule is O=C(CC1CCC(F)(F)C1)C1Cc2ccccc2C1. The first-order valence-electron chi connectivity index (χ1n) is 7.01. The molecule has 1 saturated carbocycles. The minimum atomic E-state index is -2.54. The van der Waals surface area contributed by atoms with Crippen LogP contribution in [0.4, 0.5) is 8.78 Å². The molecular formula is C16H18F2O. The van der Waals surface area contributed by atoms with E-state index in [-0.39, 0.29) is 30.5 Å². The summed E-state index contributed by atoms with van der Waals surface area (Å²) in [5.74, 6) is -2.44. The first-order valence-corrected chi connectivity index (χ1v) is 7.01. The van der Waals surface area contributed by atoms with E-state index in [1.165, 1.54) is 11.1 Å². The summed E-state index contributed by atoms with van der Waals surface area (Å²) >= 11 is 0. The zero-order chi connectivity index (χ0) is 13.5. The first-order chi connectivity index (χ1) is 9.03. The number of hydrogen-bond donors (Lipinski definition) is 0. The highest BCUT2D eigenvalue weighted by Crippen LogP contribution is 2.41. The van der Waals surface area contributed by atoms with Crippen molar-refractivity contribution in [1.82, 2.24) is 0 Å². The van der Waals surface area contributed by atoms with Gasteiger partial charge in [-0.2, -0.15) is 0 Å². The van der Waals surface area contributed by atoms with E-state index in [1.807, 2.05) is 12.1 Å². The van der Waals surface area contributed by atoms with Crippen LogP contribution in [0.2, 0.25) is 0 Å². The van der Waals surface area contributed by atoms with Crippen molar-refractivity contribution in [1.29, 1.82) is 0 Å². The average Bonchev–Trinajstić information content (AvgIpc) is 2.92. The molecule has 2 aliphatic rings. The first kappa shape index (κ1) is 12.8. The van der Waals surface area contributed by atoms with Gasteiger partial charge in [-0.25, -0.2) is 8.78 Å². The molecule has 0 amide bonds. The Balaban J connectivity index is 1.59. The summed E-state index contributed by atoms with van der Waals surface area (Å²) in [7, 11) is 0. The average molecular weight is 264 g/mol. The summed E-state index contributed by atoms with van der Waals surface area (Å²) in [6.07, 6.45) is 2.27. The molecule has 0 N–H and O–H groups in total. The van der Waals surface area contributed by atoms with Gasteiger partial charge in [-0.1, -0.05) is 24.3 Å². The predicted molar refractivity (Wildman–Crippen MR) is 69.3 cm³/mol. The maximum absolute atomic E-state index is 13.1. The van der Waals surface area contributed by atoms with Crippen LogP contribution in [0, 0.1) is 11.8 Å². The van der Waals surface area contributed by atoms with Crippen molar-refractivity contribution in [3.8, 4) is 0 Å². The third kappa shape index (κ3) is 2.70. The lowest BCUT2D eigenvalue weighted by molar-refractivity contribution is -0.123. The Kier molecular flexibility index (Phi) is 3.15. The third-order valence-corrected chi connectivity index (χ3v) is 4.50.